The smallest absolute Gasteiger partial charge is 0.275 e. The molecule has 0 radical (unpaired) electrons. The molecular formula is C16H17N3OS. The number of aromatic amines is 1. The summed E-state index contributed by atoms with van der Waals surface area (Å²) in [6, 6.07) is 11.9. The number of thiophene rings is 1. The van der Waals surface area contributed by atoms with Gasteiger partial charge in [0.1, 0.15) is 0 Å². The molecule has 1 unspecified atom stereocenters. The molecule has 0 aliphatic carbocycles. The average Bonchev–Trinajstić information content (AvgIpc) is 3.11. The molecule has 1 aromatic carbocycles. The second-order valence-electron chi connectivity index (χ2n) is 5.16. The number of nitrogens with zero attached hydrogens (tertiary/aromatic N) is 2. The Morgan fingerprint density at radius 3 is 2.76 bits per heavy atom. The van der Waals surface area contributed by atoms with Gasteiger partial charge in [0.05, 0.1) is 11.6 Å². The molecule has 21 heavy (non-hydrogen) atoms. The molecule has 0 saturated carbocycles. The second kappa shape index (κ2) is 5.33. The van der Waals surface area contributed by atoms with Crippen molar-refractivity contribution in [3.05, 3.63) is 51.8 Å². The summed E-state index contributed by atoms with van der Waals surface area (Å²) in [4.78, 5) is 16.9. The van der Waals surface area contributed by atoms with Gasteiger partial charge in [-0.3, -0.25) is 9.89 Å². The van der Waals surface area contributed by atoms with E-state index in [-0.39, 0.29) is 11.9 Å². The van der Waals surface area contributed by atoms with Gasteiger partial charge in [0, 0.05) is 22.2 Å². The molecule has 3 aromatic rings. The predicted octanol–water partition coefficient (Wildman–Crippen LogP) is 3.77. The highest BCUT2D eigenvalue weighted by Crippen LogP contribution is 2.28. The number of nitrogens with one attached hydrogen (secondary N) is 1. The van der Waals surface area contributed by atoms with E-state index in [1.54, 1.807) is 16.2 Å². The molecule has 3 rings (SSSR count). The normalized spacial score (nSPS) is 12.5. The number of fused-ring (bicyclic) bond motifs is 1. The zero-order valence-corrected chi connectivity index (χ0v) is 13.1. The molecule has 0 saturated heterocycles. The van der Waals surface area contributed by atoms with Crippen molar-refractivity contribution in [2.24, 2.45) is 0 Å². The first-order chi connectivity index (χ1) is 10.1. The quantitative estimate of drug-likeness (QED) is 0.800. The van der Waals surface area contributed by atoms with Crippen molar-refractivity contribution in [3.63, 3.8) is 0 Å². The van der Waals surface area contributed by atoms with Gasteiger partial charge in [-0.1, -0.05) is 18.2 Å². The summed E-state index contributed by atoms with van der Waals surface area (Å²) in [6.45, 7) is 4.11. The van der Waals surface area contributed by atoms with Crippen LogP contribution in [0.25, 0.3) is 10.9 Å². The van der Waals surface area contributed by atoms with Crippen molar-refractivity contribution < 1.29 is 4.79 Å². The van der Waals surface area contributed by atoms with Gasteiger partial charge in [-0.15, -0.1) is 11.3 Å². The number of amides is 1. The van der Waals surface area contributed by atoms with Crippen LogP contribution < -0.4 is 0 Å². The van der Waals surface area contributed by atoms with Gasteiger partial charge in [0.25, 0.3) is 5.91 Å². The fourth-order valence-electron chi connectivity index (χ4n) is 2.34. The Balaban J connectivity index is 1.90. The highest BCUT2D eigenvalue weighted by atomic mass is 32.1. The first-order valence-corrected chi connectivity index (χ1v) is 7.66. The first kappa shape index (κ1) is 13.8. The zero-order chi connectivity index (χ0) is 15.0. The predicted molar refractivity (Wildman–Crippen MR) is 85.7 cm³/mol. The van der Waals surface area contributed by atoms with Gasteiger partial charge in [-0.2, -0.15) is 5.10 Å². The van der Waals surface area contributed by atoms with Gasteiger partial charge in [0.15, 0.2) is 5.69 Å². The van der Waals surface area contributed by atoms with Crippen LogP contribution in [0.2, 0.25) is 0 Å². The monoisotopic (exact) mass is 299 g/mol. The molecule has 0 bridgehead atoms. The highest BCUT2D eigenvalue weighted by molar-refractivity contribution is 7.12. The van der Waals surface area contributed by atoms with Gasteiger partial charge >= 0.3 is 0 Å². The lowest BCUT2D eigenvalue weighted by Crippen LogP contribution is -2.29. The topological polar surface area (TPSA) is 49.0 Å². The minimum absolute atomic E-state index is 0.0339. The number of hydrogen-bond acceptors (Lipinski definition) is 3. The van der Waals surface area contributed by atoms with Gasteiger partial charge in [0.2, 0.25) is 0 Å². The van der Waals surface area contributed by atoms with Gasteiger partial charge in [-0.05, 0) is 32.0 Å². The molecule has 1 atom stereocenters. The molecular weight excluding hydrogens is 282 g/mol. The summed E-state index contributed by atoms with van der Waals surface area (Å²) in [5, 5.41) is 7.96. The first-order valence-electron chi connectivity index (χ1n) is 6.84. The van der Waals surface area contributed by atoms with Crippen LogP contribution in [-0.4, -0.2) is 28.1 Å². The number of aryl methyl sites for hydroxylation is 1. The maximum absolute atomic E-state index is 12.7. The van der Waals surface area contributed by atoms with Crippen LogP contribution >= 0.6 is 11.3 Å². The number of benzene rings is 1. The molecule has 108 valence electrons. The van der Waals surface area contributed by atoms with E-state index in [4.69, 9.17) is 0 Å². The van der Waals surface area contributed by atoms with Crippen LogP contribution in [-0.2, 0) is 0 Å². The molecule has 1 amide bonds. The lowest BCUT2D eigenvalue weighted by Gasteiger charge is -2.23. The van der Waals surface area contributed by atoms with Crippen LogP contribution in [0.15, 0.2) is 36.4 Å². The molecule has 1 N–H and O–H groups in total. The Kier molecular flexibility index (Phi) is 3.51. The number of carbonyl (C=O) groups is 1. The van der Waals surface area contributed by atoms with Crippen molar-refractivity contribution in [2.45, 2.75) is 19.9 Å². The third-order valence-electron chi connectivity index (χ3n) is 3.75. The van der Waals surface area contributed by atoms with E-state index < -0.39 is 0 Å². The fraction of sp³-hybridized carbons (Fsp3) is 0.250. The van der Waals surface area contributed by atoms with Gasteiger partial charge in [-0.25, -0.2) is 0 Å². The molecule has 2 aromatic heterocycles. The molecule has 0 spiro atoms. The highest BCUT2D eigenvalue weighted by Gasteiger charge is 2.23. The largest absolute Gasteiger partial charge is 0.333 e. The number of para-hydroxylation sites is 1. The van der Waals surface area contributed by atoms with E-state index in [2.05, 4.69) is 29.3 Å². The van der Waals surface area contributed by atoms with Crippen molar-refractivity contribution in [2.75, 3.05) is 7.05 Å². The number of hydrogen-bond donors (Lipinski definition) is 1. The molecule has 0 fully saturated rings. The van der Waals surface area contributed by atoms with E-state index in [0.29, 0.717) is 5.69 Å². The van der Waals surface area contributed by atoms with Crippen molar-refractivity contribution in [1.29, 1.82) is 0 Å². The fourth-order valence-corrected chi connectivity index (χ4v) is 3.31. The molecule has 4 nitrogen and oxygen atoms in total. The standard InChI is InChI=1S/C16H17N3OS/c1-10-8-9-14(21-10)11(2)19(3)16(20)15-12-6-4-5-7-13(12)17-18-15/h4-9,11H,1-3H3,(H,17,18). The van der Waals surface area contributed by atoms with Crippen LogP contribution in [0.3, 0.4) is 0 Å². The summed E-state index contributed by atoms with van der Waals surface area (Å²) in [7, 11) is 1.82. The van der Waals surface area contributed by atoms with Gasteiger partial charge < -0.3 is 4.90 Å². The third kappa shape index (κ3) is 2.45. The van der Waals surface area contributed by atoms with Crippen LogP contribution in [0, 0.1) is 6.92 Å². The summed E-state index contributed by atoms with van der Waals surface area (Å²) in [6.07, 6.45) is 0. The summed E-state index contributed by atoms with van der Waals surface area (Å²) in [5.74, 6) is -0.0639. The summed E-state index contributed by atoms with van der Waals surface area (Å²) in [5.41, 5.74) is 1.36. The van der Waals surface area contributed by atoms with Crippen LogP contribution in [0.5, 0.6) is 0 Å². The van der Waals surface area contributed by atoms with E-state index in [1.165, 1.54) is 9.75 Å². The number of aromatic nitrogens is 2. The lowest BCUT2D eigenvalue weighted by molar-refractivity contribution is 0.0741. The Bertz CT molecular complexity index is 790. The number of rotatable bonds is 3. The van der Waals surface area contributed by atoms with Crippen LogP contribution in [0.1, 0.15) is 33.2 Å². The molecule has 0 aliphatic rings. The van der Waals surface area contributed by atoms with Crippen molar-refractivity contribution in [3.8, 4) is 0 Å². The third-order valence-corrected chi connectivity index (χ3v) is 4.92. The summed E-state index contributed by atoms with van der Waals surface area (Å²) < 4.78 is 0. The Morgan fingerprint density at radius 1 is 1.29 bits per heavy atom. The molecule has 5 heteroatoms. The minimum Gasteiger partial charge on any atom is -0.333 e. The zero-order valence-electron chi connectivity index (χ0n) is 12.3. The maximum Gasteiger partial charge on any atom is 0.275 e. The Labute approximate surface area is 127 Å². The SMILES string of the molecule is Cc1ccc(C(C)N(C)C(=O)c2n[nH]c3ccccc23)s1. The van der Waals surface area contributed by atoms with E-state index in [1.807, 2.05) is 38.2 Å². The van der Waals surface area contributed by atoms with Crippen molar-refractivity contribution in [1.82, 2.24) is 15.1 Å². The average molecular weight is 299 g/mol. The second-order valence-corrected chi connectivity index (χ2v) is 6.48. The summed E-state index contributed by atoms with van der Waals surface area (Å²) >= 11 is 1.72. The molecule has 0 aliphatic heterocycles. The maximum atomic E-state index is 12.7. The number of H-pyrrole nitrogens is 1. The van der Waals surface area contributed by atoms with Crippen molar-refractivity contribution >= 4 is 28.1 Å². The Morgan fingerprint density at radius 2 is 2.05 bits per heavy atom. The minimum atomic E-state index is -0.0639. The van der Waals surface area contributed by atoms with E-state index in [0.717, 1.165) is 10.9 Å². The van der Waals surface area contributed by atoms with Crippen LogP contribution in [0.4, 0.5) is 0 Å². The van der Waals surface area contributed by atoms with E-state index in [9.17, 15) is 4.79 Å². The lowest BCUT2D eigenvalue weighted by atomic mass is 10.1. The molecule has 2 heterocycles. The Hall–Kier alpha value is -2.14. The number of carbonyl (C=O) groups excluding carboxylic acids is 1. The van der Waals surface area contributed by atoms with E-state index >= 15 is 0 Å².